The summed E-state index contributed by atoms with van der Waals surface area (Å²) in [6.45, 7) is 4.35. The first kappa shape index (κ1) is 21.0. The Morgan fingerprint density at radius 3 is 2.59 bits per heavy atom. The SMILES string of the molecule is CN(C)CCN(Cc1ccccc1F)C(=O)Nc1ccc(N2CCOCC2)nc1. The fourth-order valence-corrected chi connectivity index (χ4v) is 3.05. The summed E-state index contributed by atoms with van der Waals surface area (Å²) in [5.41, 5.74) is 1.09. The number of morpholine rings is 1. The maximum Gasteiger partial charge on any atom is 0.322 e. The number of hydrogen-bond donors (Lipinski definition) is 1. The minimum absolute atomic E-state index is 0.200. The quantitative estimate of drug-likeness (QED) is 0.773. The van der Waals surface area contributed by atoms with E-state index in [1.54, 1.807) is 29.3 Å². The molecule has 1 aromatic carbocycles. The van der Waals surface area contributed by atoms with Crippen LogP contribution in [0.4, 0.5) is 20.7 Å². The molecule has 1 N–H and O–H groups in total. The molecule has 0 saturated carbocycles. The number of nitrogens with one attached hydrogen (secondary N) is 1. The van der Waals surface area contributed by atoms with Gasteiger partial charge in [-0.15, -0.1) is 0 Å². The first-order chi connectivity index (χ1) is 14.0. The molecule has 1 saturated heterocycles. The monoisotopic (exact) mass is 401 g/mol. The molecule has 0 unspecified atom stereocenters. The molecule has 2 amide bonds. The van der Waals surface area contributed by atoms with E-state index in [9.17, 15) is 9.18 Å². The molecule has 3 rings (SSSR count). The molecular weight excluding hydrogens is 373 g/mol. The summed E-state index contributed by atoms with van der Waals surface area (Å²) >= 11 is 0. The molecule has 2 aromatic rings. The van der Waals surface area contributed by atoms with Crippen LogP contribution in [0.15, 0.2) is 42.6 Å². The van der Waals surface area contributed by atoms with Gasteiger partial charge in [0.15, 0.2) is 0 Å². The van der Waals surface area contributed by atoms with Crippen LogP contribution in [0.1, 0.15) is 5.56 Å². The molecule has 29 heavy (non-hydrogen) atoms. The number of halogens is 1. The predicted molar refractivity (Wildman–Crippen MR) is 112 cm³/mol. The Hall–Kier alpha value is -2.71. The van der Waals surface area contributed by atoms with Crippen LogP contribution in [-0.2, 0) is 11.3 Å². The third-order valence-electron chi connectivity index (χ3n) is 4.76. The Labute approximate surface area is 171 Å². The molecule has 1 aliphatic rings. The topological polar surface area (TPSA) is 60.9 Å². The molecule has 7 nitrogen and oxygen atoms in total. The van der Waals surface area contributed by atoms with Crippen LogP contribution in [0.3, 0.4) is 0 Å². The minimum atomic E-state index is -0.313. The molecule has 0 bridgehead atoms. The lowest BCUT2D eigenvalue weighted by Crippen LogP contribution is -2.39. The van der Waals surface area contributed by atoms with Gasteiger partial charge in [-0.3, -0.25) is 0 Å². The zero-order valence-electron chi connectivity index (χ0n) is 17.0. The number of nitrogens with zero attached hydrogens (tertiary/aromatic N) is 4. The number of carbonyl (C=O) groups excluding carboxylic acids is 1. The molecule has 0 atom stereocenters. The van der Waals surface area contributed by atoms with E-state index in [0.29, 0.717) is 37.6 Å². The number of benzene rings is 1. The van der Waals surface area contributed by atoms with Crippen LogP contribution < -0.4 is 10.2 Å². The van der Waals surface area contributed by atoms with Crippen molar-refractivity contribution >= 4 is 17.5 Å². The van der Waals surface area contributed by atoms with Crippen molar-refractivity contribution in [2.75, 3.05) is 63.7 Å². The van der Waals surface area contributed by atoms with Crippen molar-refractivity contribution in [1.82, 2.24) is 14.8 Å². The lowest BCUT2D eigenvalue weighted by molar-refractivity contribution is 0.122. The van der Waals surface area contributed by atoms with Gasteiger partial charge in [-0.2, -0.15) is 0 Å². The van der Waals surface area contributed by atoms with Gasteiger partial charge in [0.1, 0.15) is 11.6 Å². The third kappa shape index (κ3) is 6.13. The van der Waals surface area contributed by atoms with E-state index >= 15 is 0 Å². The minimum Gasteiger partial charge on any atom is -0.378 e. The summed E-state index contributed by atoms with van der Waals surface area (Å²) in [6, 6.07) is 9.97. The fraction of sp³-hybridized carbons (Fsp3) is 0.429. The molecule has 0 radical (unpaired) electrons. The number of aromatic nitrogens is 1. The van der Waals surface area contributed by atoms with Crippen LogP contribution in [0.5, 0.6) is 0 Å². The number of ether oxygens (including phenoxy) is 1. The van der Waals surface area contributed by atoms with Crippen molar-refractivity contribution in [3.05, 3.63) is 54.0 Å². The van der Waals surface area contributed by atoms with E-state index in [0.717, 1.165) is 18.9 Å². The number of amides is 2. The fourth-order valence-electron chi connectivity index (χ4n) is 3.05. The Morgan fingerprint density at radius 1 is 1.17 bits per heavy atom. The Morgan fingerprint density at radius 2 is 1.93 bits per heavy atom. The second kappa shape index (κ2) is 10.2. The summed E-state index contributed by atoms with van der Waals surface area (Å²) in [5.74, 6) is 0.550. The van der Waals surface area contributed by atoms with Crippen LogP contribution in [-0.4, -0.2) is 74.3 Å². The number of likely N-dealkylation sites (N-methyl/N-ethyl adjacent to an activating group) is 1. The summed E-state index contributed by atoms with van der Waals surface area (Å²) in [5, 5.41) is 2.88. The number of carbonyl (C=O) groups is 1. The van der Waals surface area contributed by atoms with Gasteiger partial charge < -0.3 is 24.8 Å². The standard InChI is InChI=1S/C21H28FN5O2/c1-25(2)9-10-27(16-17-5-3-4-6-19(17)22)21(28)24-18-7-8-20(23-15-18)26-11-13-29-14-12-26/h3-8,15H,9-14,16H2,1-2H3,(H,24,28). The smallest absolute Gasteiger partial charge is 0.322 e. The molecule has 8 heteroatoms. The second-order valence-electron chi connectivity index (χ2n) is 7.25. The number of anilines is 2. The molecule has 0 aliphatic carbocycles. The van der Waals surface area contributed by atoms with Gasteiger partial charge in [-0.05, 0) is 32.3 Å². The highest BCUT2D eigenvalue weighted by Crippen LogP contribution is 2.17. The highest BCUT2D eigenvalue weighted by molar-refractivity contribution is 5.89. The second-order valence-corrected chi connectivity index (χ2v) is 7.25. The zero-order valence-corrected chi connectivity index (χ0v) is 17.0. The maximum atomic E-state index is 14.1. The van der Waals surface area contributed by atoms with Gasteiger partial charge in [0.2, 0.25) is 0 Å². The number of urea groups is 1. The third-order valence-corrected chi connectivity index (χ3v) is 4.76. The van der Waals surface area contributed by atoms with E-state index in [-0.39, 0.29) is 18.4 Å². The maximum absolute atomic E-state index is 14.1. The Kier molecular flexibility index (Phi) is 7.37. The summed E-state index contributed by atoms with van der Waals surface area (Å²) in [4.78, 5) is 23.0. The lowest BCUT2D eigenvalue weighted by atomic mass is 10.2. The largest absolute Gasteiger partial charge is 0.378 e. The Balaban J connectivity index is 1.65. The van der Waals surface area contributed by atoms with Crippen LogP contribution in [0, 0.1) is 5.82 Å². The van der Waals surface area contributed by atoms with E-state index < -0.39 is 0 Å². The highest BCUT2D eigenvalue weighted by Gasteiger charge is 2.17. The van der Waals surface area contributed by atoms with Crippen molar-refractivity contribution in [1.29, 1.82) is 0 Å². The van der Waals surface area contributed by atoms with E-state index in [2.05, 4.69) is 15.2 Å². The first-order valence-corrected chi connectivity index (χ1v) is 9.76. The average Bonchev–Trinajstić information content (AvgIpc) is 2.73. The van der Waals surface area contributed by atoms with Gasteiger partial charge in [-0.25, -0.2) is 14.2 Å². The van der Waals surface area contributed by atoms with Gasteiger partial charge in [-0.1, -0.05) is 18.2 Å². The van der Waals surface area contributed by atoms with Crippen molar-refractivity contribution in [2.24, 2.45) is 0 Å². The average molecular weight is 401 g/mol. The summed E-state index contributed by atoms with van der Waals surface area (Å²) in [7, 11) is 3.88. The molecule has 1 aliphatic heterocycles. The number of rotatable bonds is 7. The number of hydrogen-bond acceptors (Lipinski definition) is 5. The van der Waals surface area contributed by atoms with Gasteiger partial charge in [0.25, 0.3) is 0 Å². The number of pyridine rings is 1. The van der Waals surface area contributed by atoms with Gasteiger partial charge in [0.05, 0.1) is 31.6 Å². The van der Waals surface area contributed by atoms with Gasteiger partial charge >= 0.3 is 6.03 Å². The summed E-state index contributed by atoms with van der Waals surface area (Å²) < 4.78 is 19.4. The zero-order chi connectivity index (χ0) is 20.6. The van der Waals surface area contributed by atoms with Crippen molar-refractivity contribution in [3.63, 3.8) is 0 Å². The lowest BCUT2D eigenvalue weighted by Gasteiger charge is -2.28. The highest BCUT2D eigenvalue weighted by atomic mass is 19.1. The molecule has 156 valence electrons. The van der Waals surface area contributed by atoms with Crippen LogP contribution >= 0.6 is 0 Å². The molecule has 1 fully saturated rings. The van der Waals surface area contributed by atoms with Crippen LogP contribution in [0.2, 0.25) is 0 Å². The predicted octanol–water partition coefficient (Wildman–Crippen LogP) is 2.65. The van der Waals surface area contributed by atoms with Crippen molar-refractivity contribution in [2.45, 2.75) is 6.54 Å². The van der Waals surface area contributed by atoms with Crippen LogP contribution in [0.25, 0.3) is 0 Å². The Bertz CT molecular complexity index is 794. The molecule has 0 spiro atoms. The van der Waals surface area contributed by atoms with E-state index in [1.807, 2.05) is 31.1 Å². The van der Waals surface area contributed by atoms with E-state index in [1.165, 1.54) is 6.07 Å². The summed E-state index contributed by atoms with van der Waals surface area (Å²) in [6.07, 6.45) is 1.65. The molecule has 2 heterocycles. The first-order valence-electron chi connectivity index (χ1n) is 9.76. The van der Waals surface area contributed by atoms with Crippen molar-refractivity contribution in [3.8, 4) is 0 Å². The molecular formula is C21H28FN5O2. The molecule has 1 aromatic heterocycles. The normalized spacial score (nSPS) is 14.1. The van der Waals surface area contributed by atoms with E-state index in [4.69, 9.17) is 4.74 Å². The van der Waals surface area contributed by atoms with Crippen molar-refractivity contribution < 1.29 is 13.9 Å². The van der Waals surface area contributed by atoms with Gasteiger partial charge in [0, 0.05) is 31.7 Å².